The summed E-state index contributed by atoms with van der Waals surface area (Å²) in [4.78, 5) is 0. The van der Waals surface area contributed by atoms with Crippen LogP contribution in [-0.4, -0.2) is 24.3 Å². The highest BCUT2D eigenvalue weighted by Gasteiger charge is 2.37. The molecule has 0 aromatic heterocycles. The fraction of sp³-hybridized carbons (Fsp3) is 1.00. The first kappa shape index (κ1) is 15.0. The first-order valence-electron chi connectivity index (χ1n) is 7.15. The molecule has 1 rings (SSSR count). The van der Waals surface area contributed by atoms with Gasteiger partial charge in [0.1, 0.15) is 0 Å². The summed E-state index contributed by atoms with van der Waals surface area (Å²) in [7, 11) is 0. The third-order valence-corrected chi connectivity index (χ3v) is 3.50. The second-order valence-electron chi connectivity index (χ2n) is 7.24. The smallest absolute Gasteiger partial charge is 0.0740 e. The van der Waals surface area contributed by atoms with Gasteiger partial charge in [-0.15, -0.1) is 0 Å². The molecule has 1 fully saturated rings. The highest BCUT2D eigenvalue weighted by atomic mass is 16.5. The molecule has 1 saturated carbocycles. The standard InChI is InChI=1S/C15H31NO/c1-7-10-16-12-8-9-15(5,6)11-13(12)17-14(2,3)4/h12-13,16H,7-11H2,1-6H3. The number of rotatable bonds is 4. The van der Waals surface area contributed by atoms with Crippen molar-refractivity contribution in [3.8, 4) is 0 Å². The minimum atomic E-state index is -0.0375. The van der Waals surface area contributed by atoms with Crippen LogP contribution in [0, 0.1) is 5.41 Å². The first-order valence-corrected chi connectivity index (χ1v) is 7.15. The van der Waals surface area contributed by atoms with Gasteiger partial charge in [-0.25, -0.2) is 0 Å². The van der Waals surface area contributed by atoms with E-state index in [9.17, 15) is 0 Å². The summed E-state index contributed by atoms with van der Waals surface area (Å²) in [5.74, 6) is 0. The molecule has 1 aliphatic carbocycles. The molecule has 0 aliphatic heterocycles. The van der Waals surface area contributed by atoms with E-state index in [2.05, 4.69) is 46.9 Å². The second-order valence-corrected chi connectivity index (χ2v) is 7.24. The molecule has 0 aromatic rings. The molecular formula is C15H31NO. The van der Waals surface area contributed by atoms with Gasteiger partial charge < -0.3 is 10.1 Å². The van der Waals surface area contributed by atoms with Gasteiger partial charge >= 0.3 is 0 Å². The van der Waals surface area contributed by atoms with E-state index in [1.165, 1.54) is 25.7 Å². The fourth-order valence-electron chi connectivity index (χ4n) is 2.66. The zero-order valence-corrected chi connectivity index (χ0v) is 12.6. The van der Waals surface area contributed by atoms with Gasteiger partial charge in [0.2, 0.25) is 0 Å². The van der Waals surface area contributed by atoms with Crippen molar-refractivity contribution in [1.82, 2.24) is 5.32 Å². The van der Waals surface area contributed by atoms with Crippen LogP contribution >= 0.6 is 0 Å². The van der Waals surface area contributed by atoms with Crippen LogP contribution in [0.3, 0.4) is 0 Å². The topological polar surface area (TPSA) is 21.3 Å². The molecule has 0 saturated heterocycles. The van der Waals surface area contributed by atoms with Gasteiger partial charge in [0.05, 0.1) is 11.7 Å². The fourth-order valence-corrected chi connectivity index (χ4v) is 2.66. The summed E-state index contributed by atoms with van der Waals surface area (Å²) >= 11 is 0. The van der Waals surface area contributed by atoms with Crippen molar-refractivity contribution in [2.75, 3.05) is 6.54 Å². The molecule has 0 aromatic carbocycles. The van der Waals surface area contributed by atoms with Gasteiger partial charge in [-0.1, -0.05) is 20.8 Å². The average molecular weight is 241 g/mol. The molecular weight excluding hydrogens is 210 g/mol. The summed E-state index contributed by atoms with van der Waals surface area (Å²) in [5, 5.41) is 3.66. The molecule has 0 radical (unpaired) electrons. The monoisotopic (exact) mass is 241 g/mol. The Morgan fingerprint density at radius 3 is 2.47 bits per heavy atom. The van der Waals surface area contributed by atoms with E-state index in [1.807, 2.05) is 0 Å². The number of nitrogens with one attached hydrogen (secondary N) is 1. The summed E-state index contributed by atoms with van der Waals surface area (Å²) in [6, 6.07) is 0.544. The second kappa shape index (κ2) is 5.71. The maximum absolute atomic E-state index is 6.26. The van der Waals surface area contributed by atoms with Gasteiger partial charge in [0.15, 0.2) is 0 Å². The molecule has 2 unspecified atom stereocenters. The third kappa shape index (κ3) is 5.39. The number of ether oxygens (including phenoxy) is 1. The van der Waals surface area contributed by atoms with Gasteiger partial charge in [-0.3, -0.25) is 0 Å². The van der Waals surface area contributed by atoms with Crippen LogP contribution in [0.2, 0.25) is 0 Å². The molecule has 17 heavy (non-hydrogen) atoms. The first-order chi connectivity index (χ1) is 7.73. The number of hydrogen-bond donors (Lipinski definition) is 1. The van der Waals surface area contributed by atoms with E-state index >= 15 is 0 Å². The third-order valence-electron chi connectivity index (χ3n) is 3.50. The van der Waals surface area contributed by atoms with Crippen molar-refractivity contribution < 1.29 is 4.74 Å². The van der Waals surface area contributed by atoms with Crippen LogP contribution in [0.25, 0.3) is 0 Å². The molecule has 2 atom stereocenters. The minimum Gasteiger partial charge on any atom is -0.371 e. The normalized spacial score (nSPS) is 29.3. The molecule has 0 spiro atoms. The molecule has 1 N–H and O–H groups in total. The van der Waals surface area contributed by atoms with Crippen LogP contribution in [0.15, 0.2) is 0 Å². The Balaban J connectivity index is 2.61. The summed E-state index contributed by atoms with van der Waals surface area (Å²) in [6.45, 7) is 14.5. The van der Waals surface area contributed by atoms with Crippen LogP contribution < -0.4 is 5.32 Å². The Kier molecular flexibility index (Phi) is 5.03. The Labute approximate surface area is 108 Å². The molecule has 2 heteroatoms. The SMILES string of the molecule is CCCNC1CCC(C)(C)CC1OC(C)(C)C. The van der Waals surface area contributed by atoms with E-state index in [0.29, 0.717) is 17.6 Å². The minimum absolute atomic E-state index is 0.0375. The van der Waals surface area contributed by atoms with E-state index in [-0.39, 0.29) is 5.60 Å². The Morgan fingerprint density at radius 2 is 1.94 bits per heavy atom. The highest BCUT2D eigenvalue weighted by Crippen LogP contribution is 2.38. The molecule has 2 nitrogen and oxygen atoms in total. The van der Waals surface area contributed by atoms with Gasteiger partial charge in [-0.05, 0) is 58.4 Å². The summed E-state index contributed by atoms with van der Waals surface area (Å²) in [6.07, 6.45) is 5.28. The maximum atomic E-state index is 6.26. The molecule has 0 amide bonds. The predicted octanol–water partition coefficient (Wildman–Crippen LogP) is 3.75. The lowest BCUT2D eigenvalue weighted by Crippen LogP contribution is -2.50. The van der Waals surface area contributed by atoms with Gasteiger partial charge in [-0.2, -0.15) is 0 Å². The Hall–Kier alpha value is -0.0800. The van der Waals surface area contributed by atoms with E-state index in [4.69, 9.17) is 4.74 Å². The maximum Gasteiger partial charge on any atom is 0.0740 e. The molecule has 0 heterocycles. The van der Waals surface area contributed by atoms with Crippen molar-refractivity contribution in [3.63, 3.8) is 0 Å². The summed E-state index contributed by atoms with van der Waals surface area (Å²) < 4.78 is 6.26. The van der Waals surface area contributed by atoms with Crippen molar-refractivity contribution in [2.45, 2.75) is 85.0 Å². The Morgan fingerprint density at radius 1 is 1.29 bits per heavy atom. The zero-order valence-electron chi connectivity index (χ0n) is 12.6. The van der Waals surface area contributed by atoms with Crippen LogP contribution in [-0.2, 0) is 4.74 Å². The van der Waals surface area contributed by atoms with E-state index in [1.54, 1.807) is 0 Å². The zero-order chi connectivity index (χ0) is 13.1. The van der Waals surface area contributed by atoms with E-state index < -0.39 is 0 Å². The van der Waals surface area contributed by atoms with Gasteiger partial charge in [0, 0.05) is 6.04 Å². The lowest BCUT2D eigenvalue weighted by atomic mass is 9.74. The van der Waals surface area contributed by atoms with Crippen LogP contribution in [0.1, 0.15) is 67.2 Å². The van der Waals surface area contributed by atoms with E-state index in [0.717, 1.165) is 6.54 Å². The largest absolute Gasteiger partial charge is 0.371 e. The quantitative estimate of drug-likeness (QED) is 0.809. The van der Waals surface area contributed by atoms with Crippen molar-refractivity contribution in [2.24, 2.45) is 5.41 Å². The highest BCUT2D eigenvalue weighted by molar-refractivity contribution is 4.90. The average Bonchev–Trinajstić information content (AvgIpc) is 2.13. The molecule has 102 valence electrons. The Bertz CT molecular complexity index is 228. The van der Waals surface area contributed by atoms with Crippen molar-refractivity contribution >= 4 is 0 Å². The lowest BCUT2D eigenvalue weighted by molar-refractivity contribution is -0.105. The summed E-state index contributed by atoms with van der Waals surface area (Å²) in [5.41, 5.74) is 0.393. The van der Waals surface area contributed by atoms with Gasteiger partial charge in [0.25, 0.3) is 0 Å². The van der Waals surface area contributed by atoms with Crippen LogP contribution in [0.5, 0.6) is 0 Å². The lowest BCUT2D eigenvalue weighted by Gasteiger charge is -2.43. The van der Waals surface area contributed by atoms with Crippen LogP contribution in [0.4, 0.5) is 0 Å². The molecule has 1 aliphatic rings. The molecule has 0 bridgehead atoms. The van der Waals surface area contributed by atoms with Crippen molar-refractivity contribution in [1.29, 1.82) is 0 Å². The van der Waals surface area contributed by atoms with Crippen molar-refractivity contribution in [3.05, 3.63) is 0 Å². The predicted molar refractivity (Wildman–Crippen MR) is 74.3 cm³/mol. The number of hydrogen-bond acceptors (Lipinski definition) is 2.